The average Bonchev–Trinajstić information content (AvgIpc) is 2.17. The Morgan fingerprint density at radius 2 is 1.85 bits per heavy atom. The van der Waals surface area contributed by atoms with E-state index < -0.39 is 12.3 Å². The lowest BCUT2D eigenvalue weighted by Gasteiger charge is -2.03. The molecule has 0 aliphatic carbocycles. The van der Waals surface area contributed by atoms with Crippen molar-refractivity contribution in [3.63, 3.8) is 0 Å². The predicted octanol–water partition coefficient (Wildman–Crippen LogP) is -0.300. The van der Waals surface area contributed by atoms with Crippen LogP contribution in [0.25, 0.3) is 0 Å². The standard InChI is InChI=1S/C8H9NO4/c9-13-8(12)6-3-1-5(2-4-6)7(10)11/h1-4,7,10-11H,9H2. The monoisotopic (exact) mass is 183 g/mol. The highest BCUT2D eigenvalue weighted by atomic mass is 16.7. The van der Waals surface area contributed by atoms with Gasteiger partial charge in [0.1, 0.15) is 0 Å². The number of aliphatic hydroxyl groups excluding tert-OH is 1. The molecule has 0 amide bonds. The second-order valence-corrected chi connectivity index (χ2v) is 2.40. The van der Waals surface area contributed by atoms with E-state index in [2.05, 4.69) is 10.7 Å². The zero-order valence-corrected chi connectivity index (χ0v) is 6.68. The molecule has 0 fully saturated rings. The summed E-state index contributed by atoms with van der Waals surface area (Å²) in [5, 5.41) is 17.5. The van der Waals surface area contributed by atoms with Crippen LogP contribution < -0.4 is 5.90 Å². The molecule has 5 heteroatoms. The van der Waals surface area contributed by atoms with E-state index in [1.165, 1.54) is 24.3 Å². The van der Waals surface area contributed by atoms with E-state index in [1.54, 1.807) is 0 Å². The number of aliphatic hydroxyl groups is 2. The van der Waals surface area contributed by atoms with E-state index >= 15 is 0 Å². The maximum Gasteiger partial charge on any atom is 0.356 e. The molecule has 0 bridgehead atoms. The lowest BCUT2D eigenvalue weighted by atomic mass is 10.1. The molecule has 0 heterocycles. The maximum atomic E-state index is 10.8. The van der Waals surface area contributed by atoms with Gasteiger partial charge in [0.25, 0.3) is 0 Å². The molecule has 13 heavy (non-hydrogen) atoms. The Labute approximate surface area is 74.3 Å². The average molecular weight is 183 g/mol. The fraction of sp³-hybridized carbons (Fsp3) is 0.125. The van der Waals surface area contributed by atoms with E-state index in [0.29, 0.717) is 5.56 Å². The van der Waals surface area contributed by atoms with Gasteiger partial charge in [-0.1, -0.05) is 12.1 Å². The van der Waals surface area contributed by atoms with E-state index in [-0.39, 0.29) is 5.56 Å². The van der Waals surface area contributed by atoms with Crippen LogP contribution in [-0.2, 0) is 4.84 Å². The summed E-state index contributed by atoms with van der Waals surface area (Å²) in [5.74, 6) is 3.99. The zero-order valence-electron chi connectivity index (χ0n) is 6.68. The minimum absolute atomic E-state index is 0.256. The van der Waals surface area contributed by atoms with Crippen molar-refractivity contribution in [2.45, 2.75) is 6.29 Å². The van der Waals surface area contributed by atoms with Crippen LogP contribution >= 0.6 is 0 Å². The van der Waals surface area contributed by atoms with Gasteiger partial charge in [-0.25, -0.2) is 4.79 Å². The number of carbonyl (C=O) groups is 1. The van der Waals surface area contributed by atoms with E-state index in [9.17, 15) is 4.79 Å². The van der Waals surface area contributed by atoms with E-state index in [0.717, 1.165) is 0 Å². The molecule has 0 aromatic heterocycles. The first-order valence-electron chi connectivity index (χ1n) is 3.52. The van der Waals surface area contributed by atoms with Gasteiger partial charge < -0.3 is 15.1 Å². The van der Waals surface area contributed by atoms with Gasteiger partial charge in [-0.2, -0.15) is 5.90 Å². The van der Waals surface area contributed by atoms with Crippen LogP contribution in [0.4, 0.5) is 0 Å². The van der Waals surface area contributed by atoms with Crippen LogP contribution in [0.1, 0.15) is 22.2 Å². The van der Waals surface area contributed by atoms with Crippen molar-refractivity contribution in [2.24, 2.45) is 5.90 Å². The van der Waals surface area contributed by atoms with Crippen LogP contribution in [0.2, 0.25) is 0 Å². The largest absolute Gasteiger partial charge is 0.370 e. The van der Waals surface area contributed by atoms with Crippen LogP contribution in [-0.4, -0.2) is 16.2 Å². The normalized spacial score (nSPS) is 10.2. The first-order chi connectivity index (χ1) is 6.15. The van der Waals surface area contributed by atoms with E-state index in [1.807, 2.05) is 0 Å². The summed E-state index contributed by atoms with van der Waals surface area (Å²) in [6.45, 7) is 0. The third-order valence-corrected chi connectivity index (χ3v) is 1.55. The SMILES string of the molecule is NOC(=O)c1ccc(C(O)O)cc1. The van der Waals surface area contributed by atoms with Crippen LogP contribution in [0.15, 0.2) is 24.3 Å². The van der Waals surface area contributed by atoms with Crippen molar-refractivity contribution in [1.29, 1.82) is 0 Å². The topological polar surface area (TPSA) is 92.8 Å². The van der Waals surface area contributed by atoms with Gasteiger partial charge in [0.05, 0.1) is 5.56 Å². The molecule has 0 saturated carbocycles. The number of carbonyl (C=O) groups excluding carboxylic acids is 1. The van der Waals surface area contributed by atoms with Gasteiger partial charge >= 0.3 is 5.97 Å². The van der Waals surface area contributed by atoms with Crippen LogP contribution in [0, 0.1) is 0 Å². The number of benzene rings is 1. The highest BCUT2D eigenvalue weighted by molar-refractivity contribution is 5.89. The molecular formula is C8H9NO4. The molecule has 0 aliphatic heterocycles. The number of rotatable bonds is 2. The minimum Gasteiger partial charge on any atom is -0.370 e. The summed E-state index contributed by atoms with van der Waals surface area (Å²) in [7, 11) is 0. The van der Waals surface area contributed by atoms with E-state index in [4.69, 9.17) is 10.2 Å². The van der Waals surface area contributed by atoms with Crippen molar-refractivity contribution in [1.82, 2.24) is 0 Å². The quantitative estimate of drug-likeness (QED) is 0.432. The van der Waals surface area contributed by atoms with Gasteiger partial charge in [-0.3, -0.25) is 0 Å². The van der Waals surface area contributed by atoms with Crippen molar-refractivity contribution in [3.05, 3.63) is 35.4 Å². The molecule has 0 aliphatic rings. The van der Waals surface area contributed by atoms with Gasteiger partial charge in [0.2, 0.25) is 0 Å². The number of hydrogen-bond acceptors (Lipinski definition) is 5. The van der Waals surface area contributed by atoms with Crippen molar-refractivity contribution < 1.29 is 19.8 Å². The summed E-state index contributed by atoms with van der Waals surface area (Å²) < 4.78 is 0. The molecule has 0 radical (unpaired) electrons. The van der Waals surface area contributed by atoms with Crippen molar-refractivity contribution in [3.8, 4) is 0 Å². The molecule has 1 aromatic carbocycles. The Morgan fingerprint density at radius 3 is 2.23 bits per heavy atom. The van der Waals surface area contributed by atoms with Gasteiger partial charge in [0, 0.05) is 5.56 Å². The fourth-order valence-electron chi connectivity index (χ4n) is 0.859. The minimum atomic E-state index is -1.54. The Morgan fingerprint density at radius 1 is 1.31 bits per heavy atom. The van der Waals surface area contributed by atoms with Gasteiger partial charge in [0.15, 0.2) is 6.29 Å². The van der Waals surface area contributed by atoms with Crippen molar-refractivity contribution in [2.75, 3.05) is 0 Å². The predicted molar refractivity (Wildman–Crippen MR) is 43.2 cm³/mol. The number of nitrogens with two attached hydrogens (primary N) is 1. The van der Waals surface area contributed by atoms with Crippen LogP contribution in [0.5, 0.6) is 0 Å². The third-order valence-electron chi connectivity index (χ3n) is 1.55. The molecule has 0 atom stereocenters. The molecule has 5 nitrogen and oxygen atoms in total. The first kappa shape index (κ1) is 9.66. The van der Waals surface area contributed by atoms with Crippen molar-refractivity contribution >= 4 is 5.97 Å². The Kier molecular flexibility index (Phi) is 2.97. The summed E-state index contributed by atoms with van der Waals surface area (Å²) in [6.07, 6.45) is -1.54. The highest BCUT2D eigenvalue weighted by Crippen LogP contribution is 2.11. The molecular weight excluding hydrogens is 174 g/mol. The lowest BCUT2D eigenvalue weighted by Crippen LogP contribution is -2.10. The number of hydrogen-bond donors (Lipinski definition) is 3. The fourth-order valence-corrected chi connectivity index (χ4v) is 0.859. The molecule has 70 valence electrons. The van der Waals surface area contributed by atoms with Crippen LogP contribution in [0.3, 0.4) is 0 Å². The molecule has 0 spiro atoms. The smallest absolute Gasteiger partial charge is 0.356 e. The highest BCUT2D eigenvalue weighted by Gasteiger charge is 2.07. The summed E-state index contributed by atoms with van der Waals surface area (Å²) >= 11 is 0. The zero-order chi connectivity index (χ0) is 9.84. The molecule has 0 saturated heterocycles. The summed E-state index contributed by atoms with van der Waals surface area (Å²) in [5.41, 5.74) is 0.556. The second-order valence-electron chi connectivity index (χ2n) is 2.40. The Balaban J connectivity index is 2.87. The summed E-state index contributed by atoms with van der Waals surface area (Å²) in [6, 6.07) is 5.59. The first-order valence-corrected chi connectivity index (χ1v) is 3.52. The maximum absolute atomic E-state index is 10.8. The second kappa shape index (κ2) is 3.99. The Hall–Kier alpha value is -1.43. The molecule has 1 rings (SSSR count). The van der Waals surface area contributed by atoms with Gasteiger partial charge in [-0.05, 0) is 12.1 Å². The third kappa shape index (κ3) is 2.25. The molecule has 4 N–H and O–H groups in total. The lowest BCUT2D eigenvalue weighted by molar-refractivity contribution is -0.0425. The molecule has 0 unspecified atom stereocenters. The van der Waals surface area contributed by atoms with Gasteiger partial charge in [-0.15, -0.1) is 0 Å². The summed E-state index contributed by atoms with van der Waals surface area (Å²) in [4.78, 5) is 14.8. The molecule has 1 aromatic rings. The Bertz CT molecular complexity index is 294.